The van der Waals surface area contributed by atoms with Gasteiger partial charge < -0.3 is 27.0 Å². The first-order valence-electron chi connectivity index (χ1n) is 12.7. The lowest BCUT2D eigenvalue weighted by atomic mass is 9.97. The highest BCUT2D eigenvalue weighted by atomic mass is 79.9. The predicted octanol–water partition coefficient (Wildman–Crippen LogP) is 5.59. The Morgan fingerprint density at radius 3 is 2.34 bits per heavy atom. The molecule has 4 aromatic rings. The van der Waals surface area contributed by atoms with E-state index in [1.165, 1.54) is 12.1 Å². The summed E-state index contributed by atoms with van der Waals surface area (Å²) in [5, 5.41) is 20.5. The van der Waals surface area contributed by atoms with Gasteiger partial charge in [0, 0.05) is 15.4 Å². The van der Waals surface area contributed by atoms with Crippen LogP contribution in [-0.2, 0) is 4.79 Å². The third-order valence-corrected chi connectivity index (χ3v) is 6.71. The maximum absolute atomic E-state index is 14.4. The molecule has 4 rings (SSSR count). The molecule has 1 heterocycles. The number of pyridine rings is 1. The van der Waals surface area contributed by atoms with Gasteiger partial charge in [0.25, 0.3) is 5.91 Å². The highest BCUT2D eigenvalue weighted by Gasteiger charge is 2.21. The monoisotopic (exact) mass is 624 g/mol. The summed E-state index contributed by atoms with van der Waals surface area (Å²) in [5.41, 5.74) is 13.3. The number of aromatic carboxylic acids is 1. The van der Waals surface area contributed by atoms with Crippen LogP contribution in [0.1, 0.15) is 45.5 Å². The molecular weight excluding hydrogens is 595 g/mol. The minimum Gasteiger partial charge on any atom is -0.480 e. The van der Waals surface area contributed by atoms with Crippen LogP contribution in [0.2, 0.25) is 0 Å². The lowest BCUT2D eigenvalue weighted by Crippen LogP contribution is -2.29. The molecule has 7 N–H and O–H groups in total. The highest BCUT2D eigenvalue weighted by Crippen LogP contribution is 2.32. The second kappa shape index (κ2) is 14.4. The molecular formula is C30H30BrFN4O5. The van der Waals surface area contributed by atoms with Crippen LogP contribution in [-0.4, -0.2) is 45.6 Å². The number of aliphatic carboxylic acids is 1. The van der Waals surface area contributed by atoms with Gasteiger partial charge in [-0.1, -0.05) is 52.7 Å². The van der Waals surface area contributed by atoms with Crippen molar-refractivity contribution in [2.24, 2.45) is 11.5 Å². The molecule has 0 spiro atoms. The molecule has 1 atom stereocenters. The lowest BCUT2D eigenvalue weighted by Gasteiger charge is -2.15. The van der Waals surface area contributed by atoms with Gasteiger partial charge in [-0.05, 0) is 68.3 Å². The van der Waals surface area contributed by atoms with Gasteiger partial charge >= 0.3 is 11.9 Å². The van der Waals surface area contributed by atoms with Gasteiger partial charge in [0.05, 0.1) is 28.0 Å². The first kappa shape index (κ1) is 31.3. The molecule has 3 aromatic carbocycles. The maximum Gasteiger partial charge on any atom is 0.335 e. The largest absolute Gasteiger partial charge is 0.480 e. The van der Waals surface area contributed by atoms with Crippen molar-refractivity contribution in [2.75, 3.05) is 11.9 Å². The number of anilines is 1. The SMILES string of the molecule is Cc1c(-c2ccccc2)nc2ccc(Br)cc2c1C(=O)Nc1ccc(C(=O)O)cc1F.NCCCC[C@H](N)C(=O)O. The van der Waals surface area contributed by atoms with Crippen molar-refractivity contribution in [3.05, 3.63) is 93.7 Å². The fourth-order valence-electron chi connectivity index (χ4n) is 4.07. The Morgan fingerprint density at radius 2 is 1.73 bits per heavy atom. The second-order valence-corrected chi connectivity index (χ2v) is 10.1. The molecule has 214 valence electrons. The molecule has 0 unspecified atom stereocenters. The van der Waals surface area contributed by atoms with E-state index in [4.69, 9.17) is 26.7 Å². The quantitative estimate of drug-likeness (QED) is 0.150. The summed E-state index contributed by atoms with van der Waals surface area (Å²) in [6, 6.07) is 17.6. The number of unbranched alkanes of at least 4 members (excludes halogenated alkanes) is 1. The molecule has 9 nitrogen and oxygen atoms in total. The Kier molecular flexibility index (Phi) is 11.0. The number of hydrogen-bond acceptors (Lipinski definition) is 6. The molecule has 41 heavy (non-hydrogen) atoms. The number of carbonyl (C=O) groups excluding carboxylic acids is 1. The number of halogens is 2. The zero-order chi connectivity index (χ0) is 30.1. The van der Waals surface area contributed by atoms with Crippen molar-refractivity contribution in [3.8, 4) is 11.3 Å². The topological polar surface area (TPSA) is 169 Å². The Hall–Kier alpha value is -4.19. The third kappa shape index (κ3) is 8.16. The molecule has 0 bridgehead atoms. The van der Waals surface area contributed by atoms with Crippen molar-refractivity contribution in [1.29, 1.82) is 0 Å². The van der Waals surface area contributed by atoms with Crippen LogP contribution in [0.15, 0.2) is 71.2 Å². The van der Waals surface area contributed by atoms with E-state index >= 15 is 0 Å². The number of hydrogen-bond donors (Lipinski definition) is 5. The van der Waals surface area contributed by atoms with Gasteiger partial charge in [-0.25, -0.2) is 14.2 Å². The lowest BCUT2D eigenvalue weighted by molar-refractivity contribution is -0.138. The van der Waals surface area contributed by atoms with Crippen LogP contribution in [0.3, 0.4) is 0 Å². The van der Waals surface area contributed by atoms with Crippen LogP contribution in [0, 0.1) is 12.7 Å². The van der Waals surface area contributed by atoms with Crippen LogP contribution < -0.4 is 16.8 Å². The van der Waals surface area contributed by atoms with E-state index in [9.17, 15) is 18.8 Å². The van der Waals surface area contributed by atoms with E-state index in [1.54, 1.807) is 13.0 Å². The van der Waals surface area contributed by atoms with E-state index in [-0.39, 0.29) is 11.3 Å². The molecule has 11 heteroatoms. The summed E-state index contributed by atoms with van der Waals surface area (Å²) in [5.74, 6) is -3.52. The molecule has 0 saturated heterocycles. The van der Waals surface area contributed by atoms with E-state index < -0.39 is 29.7 Å². The summed E-state index contributed by atoms with van der Waals surface area (Å²) >= 11 is 3.43. The van der Waals surface area contributed by atoms with Gasteiger partial charge in [0.2, 0.25) is 0 Å². The summed E-state index contributed by atoms with van der Waals surface area (Å²) in [4.78, 5) is 39.2. The number of carboxylic acid groups (broad SMARTS) is 2. The van der Waals surface area contributed by atoms with Crippen LogP contribution in [0.4, 0.5) is 10.1 Å². The Balaban J connectivity index is 0.000000397. The molecule has 0 radical (unpaired) electrons. The first-order valence-corrected chi connectivity index (χ1v) is 13.5. The van der Waals surface area contributed by atoms with E-state index in [1.807, 2.05) is 42.5 Å². The average Bonchev–Trinajstić information content (AvgIpc) is 2.94. The zero-order valence-corrected chi connectivity index (χ0v) is 23.8. The van der Waals surface area contributed by atoms with Crippen LogP contribution in [0.25, 0.3) is 22.2 Å². The Bertz CT molecular complexity index is 1570. The van der Waals surface area contributed by atoms with Gasteiger partial charge in [0.1, 0.15) is 11.9 Å². The minimum absolute atomic E-state index is 0.101. The number of nitrogens with two attached hydrogens (primary N) is 2. The molecule has 1 amide bonds. The van der Waals surface area contributed by atoms with E-state index in [0.29, 0.717) is 40.7 Å². The molecule has 0 aliphatic rings. The molecule has 0 aliphatic carbocycles. The predicted molar refractivity (Wildman–Crippen MR) is 159 cm³/mol. The summed E-state index contributed by atoms with van der Waals surface area (Å²) < 4.78 is 15.2. The second-order valence-electron chi connectivity index (χ2n) is 9.17. The summed E-state index contributed by atoms with van der Waals surface area (Å²) in [6.07, 6.45) is 2.16. The number of amides is 1. The fourth-order valence-corrected chi connectivity index (χ4v) is 4.43. The van der Waals surface area contributed by atoms with Crippen molar-refractivity contribution in [2.45, 2.75) is 32.2 Å². The normalized spacial score (nSPS) is 11.3. The third-order valence-electron chi connectivity index (χ3n) is 6.22. The number of nitrogens with zero attached hydrogens (tertiary/aromatic N) is 1. The Labute approximate surface area is 244 Å². The molecule has 0 saturated carbocycles. The van der Waals surface area contributed by atoms with Gasteiger partial charge in [-0.3, -0.25) is 9.59 Å². The van der Waals surface area contributed by atoms with Crippen molar-refractivity contribution in [1.82, 2.24) is 4.98 Å². The number of nitrogens with one attached hydrogen (secondary N) is 1. The molecule has 0 aliphatic heterocycles. The van der Waals surface area contributed by atoms with Crippen molar-refractivity contribution in [3.63, 3.8) is 0 Å². The number of rotatable bonds is 9. The number of carbonyl (C=O) groups is 3. The van der Waals surface area contributed by atoms with Crippen LogP contribution in [0.5, 0.6) is 0 Å². The maximum atomic E-state index is 14.4. The molecule has 1 aromatic heterocycles. The van der Waals surface area contributed by atoms with Gasteiger partial charge in [-0.2, -0.15) is 0 Å². The van der Waals surface area contributed by atoms with Crippen molar-refractivity contribution >= 4 is 50.4 Å². The van der Waals surface area contributed by atoms with Crippen LogP contribution >= 0.6 is 15.9 Å². The highest BCUT2D eigenvalue weighted by molar-refractivity contribution is 9.10. The number of benzene rings is 3. The first-order chi connectivity index (χ1) is 19.5. The van der Waals surface area contributed by atoms with E-state index in [2.05, 4.69) is 21.2 Å². The minimum atomic E-state index is -1.25. The Morgan fingerprint density at radius 1 is 1.02 bits per heavy atom. The number of aromatic nitrogens is 1. The zero-order valence-electron chi connectivity index (χ0n) is 22.2. The fraction of sp³-hybridized carbons (Fsp3) is 0.200. The van der Waals surface area contributed by atoms with Gasteiger partial charge in [-0.15, -0.1) is 0 Å². The number of fused-ring (bicyclic) bond motifs is 1. The summed E-state index contributed by atoms with van der Waals surface area (Å²) in [6.45, 7) is 2.40. The van der Waals surface area contributed by atoms with Crippen molar-refractivity contribution < 1.29 is 29.0 Å². The average molecular weight is 625 g/mol. The summed E-state index contributed by atoms with van der Waals surface area (Å²) in [7, 11) is 0. The van der Waals surface area contributed by atoms with E-state index in [0.717, 1.165) is 28.9 Å². The standard InChI is InChI=1S/C24H16BrFN2O3.C6H14N2O2/c1-13-21(23(29)28-20-9-7-15(24(30)31)11-18(20)26)17-12-16(25)8-10-19(17)27-22(13)14-5-3-2-4-6-14;7-4-2-1-3-5(8)6(9)10/h2-12H,1H3,(H,28,29)(H,30,31);5H,1-4,7-8H2,(H,9,10)/t;5-/m.0/s1. The van der Waals surface area contributed by atoms with Gasteiger partial charge in [0.15, 0.2) is 0 Å². The molecule has 0 fully saturated rings. The smallest absolute Gasteiger partial charge is 0.335 e. The number of carboxylic acids is 2.